The lowest BCUT2D eigenvalue weighted by molar-refractivity contribution is -0.117. The zero-order valence-corrected chi connectivity index (χ0v) is 19.4. The first kappa shape index (κ1) is 27.0. The van der Waals surface area contributed by atoms with Crippen molar-refractivity contribution in [1.29, 1.82) is 0 Å². The average molecular weight is 448 g/mol. The summed E-state index contributed by atoms with van der Waals surface area (Å²) in [6, 6.07) is 6.32. The second-order valence-corrected chi connectivity index (χ2v) is 8.94. The summed E-state index contributed by atoms with van der Waals surface area (Å²) in [7, 11) is 0. The van der Waals surface area contributed by atoms with Crippen molar-refractivity contribution in [3.63, 3.8) is 0 Å². The molecule has 4 N–H and O–H groups in total. The molecule has 6 heteroatoms. The van der Waals surface area contributed by atoms with Crippen LogP contribution in [-0.4, -0.2) is 33.1 Å². The standard InChI is InChI=1S/C25H37NO4S/c1-2-3-4-5-6-7-8-9-10-11-12-16-22(31-18-17-23(26)27)24(28)20-14-13-15-21(19-20)25(29)30/h10-16,19,22,24,28H,2-9,17-18H2,1H3,(H2,26,27)(H,29,30)/t22-,24+/m1/s1. The van der Waals surface area contributed by atoms with E-state index >= 15 is 0 Å². The minimum Gasteiger partial charge on any atom is -0.478 e. The first-order chi connectivity index (χ1) is 15.0. The first-order valence-corrected chi connectivity index (χ1v) is 12.2. The maximum atomic E-state index is 11.2. The van der Waals surface area contributed by atoms with E-state index in [2.05, 4.69) is 13.0 Å². The molecule has 2 atom stereocenters. The lowest BCUT2D eigenvalue weighted by Crippen LogP contribution is -2.16. The Morgan fingerprint density at radius 3 is 2.48 bits per heavy atom. The Morgan fingerprint density at radius 1 is 1.10 bits per heavy atom. The van der Waals surface area contributed by atoms with E-state index in [1.807, 2.05) is 18.2 Å². The number of hydrogen-bond acceptors (Lipinski definition) is 4. The lowest BCUT2D eigenvalue weighted by Gasteiger charge is -2.20. The number of unbranched alkanes of at least 4 members (excludes halogenated alkanes) is 7. The van der Waals surface area contributed by atoms with Crippen molar-refractivity contribution in [2.45, 2.75) is 76.1 Å². The Balaban J connectivity index is 2.59. The Bertz CT molecular complexity index is 717. The number of allylic oxidation sites excluding steroid dienone is 3. The van der Waals surface area contributed by atoms with Crippen molar-refractivity contribution in [3.8, 4) is 0 Å². The molecule has 0 bridgehead atoms. The summed E-state index contributed by atoms with van der Waals surface area (Å²) in [5, 5.41) is 19.7. The second-order valence-electron chi connectivity index (χ2n) is 7.65. The molecule has 172 valence electrons. The number of carboxylic acids is 1. The number of aliphatic hydroxyl groups excluding tert-OH is 1. The van der Waals surface area contributed by atoms with E-state index in [0.717, 1.165) is 6.42 Å². The molecular formula is C25H37NO4S. The number of amides is 1. The van der Waals surface area contributed by atoms with Crippen LogP contribution in [-0.2, 0) is 4.79 Å². The van der Waals surface area contributed by atoms with Gasteiger partial charge in [-0.15, -0.1) is 0 Å². The van der Waals surface area contributed by atoms with Gasteiger partial charge in [-0.05, 0) is 30.5 Å². The molecule has 0 radical (unpaired) electrons. The molecule has 0 aromatic heterocycles. The molecule has 0 aliphatic rings. The molecule has 1 rings (SSSR count). The molecule has 31 heavy (non-hydrogen) atoms. The van der Waals surface area contributed by atoms with Crippen molar-refractivity contribution >= 4 is 23.6 Å². The highest BCUT2D eigenvalue weighted by molar-refractivity contribution is 8.00. The Hall–Kier alpha value is -2.05. The van der Waals surface area contributed by atoms with E-state index in [1.54, 1.807) is 12.1 Å². The Kier molecular flexibility index (Phi) is 14.5. The molecule has 0 spiro atoms. The van der Waals surface area contributed by atoms with Gasteiger partial charge in [0, 0.05) is 12.2 Å². The van der Waals surface area contributed by atoms with Gasteiger partial charge in [0.25, 0.3) is 0 Å². The minimum absolute atomic E-state index is 0.135. The zero-order chi connectivity index (χ0) is 22.9. The number of carboxylic acid groups (broad SMARTS) is 1. The van der Waals surface area contributed by atoms with Crippen molar-refractivity contribution in [1.82, 2.24) is 0 Å². The van der Waals surface area contributed by atoms with Gasteiger partial charge >= 0.3 is 5.97 Å². The van der Waals surface area contributed by atoms with Crippen LogP contribution in [0.1, 0.15) is 86.7 Å². The number of aromatic carboxylic acids is 1. The van der Waals surface area contributed by atoms with Gasteiger partial charge in [0.15, 0.2) is 0 Å². The molecule has 0 heterocycles. The van der Waals surface area contributed by atoms with E-state index < -0.39 is 12.1 Å². The van der Waals surface area contributed by atoms with Gasteiger partial charge < -0.3 is 15.9 Å². The normalized spacial score (nSPS) is 13.6. The van der Waals surface area contributed by atoms with Crippen molar-refractivity contribution in [2.24, 2.45) is 5.73 Å². The fourth-order valence-corrected chi connectivity index (χ4v) is 4.29. The SMILES string of the molecule is CCCCCCCCCC=CC=C[C@@H](SCCC(N)=O)[C@@H](O)c1cccc(C(=O)O)c1. The number of thioether (sulfide) groups is 1. The topological polar surface area (TPSA) is 101 Å². The maximum absolute atomic E-state index is 11.2. The van der Waals surface area contributed by atoms with Gasteiger partial charge in [-0.2, -0.15) is 11.8 Å². The highest BCUT2D eigenvalue weighted by atomic mass is 32.2. The number of benzene rings is 1. The molecule has 0 saturated heterocycles. The zero-order valence-electron chi connectivity index (χ0n) is 18.5. The molecule has 1 aromatic rings. The minimum atomic E-state index is -1.03. The molecule has 0 unspecified atom stereocenters. The lowest BCUT2D eigenvalue weighted by atomic mass is 10.0. The summed E-state index contributed by atoms with van der Waals surface area (Å²) in [6.07, 6.45) is 17.3. The third-order valence-corrected chi connectivity index (χ3v) is 6.21. The van der Waals surface area contributed by atoms with Gasteiger partial charge in [0.05, 0.1) is 16.9 Å². The van der Waals surface area contributed by atoms with E-state index in [0.29, 0.717) is 11.3 Å². The van der Waals surface area contributed by atoms with Crippen LogP contribution < -0.4 is 5.73 Å². The molecule has 0 aliphatic carbocycles. The molecule has 0 aliphatic heterocycles. The van der Waals surface area contributed by atoms with E-state index in [1.165, 1.54) is 68.8 Å². The van der Waals surface area contributed by atoms with Crippen LogP contribution in [0.15, 0.2) is 48.6 Å². The van der Waals surface area contributed by atoms with Crippen LogP contribution in [0, 0.1) is 0 Å². The highest BCUT2D eigenvalue weighted by Crippen LogP contribution is 2.29. The smallest absolute Gasteiger partial charge is 0.335 e. The molecule has 1 amide bonds. The van der Waals surface area contributed by atoms with Crippen LogP contribution in [0.5, 0.6) is 0 Å². The van der Waals surface area contributed by atoms with Gasteiger partial charge in [-0.3, -0.25) is 4.79 Å². The van der Waals surface area contributed by atoms with Gasteiger partial charge in [0.1, 0.15) is 0 Å². The predicted octanol–water partition coefficient (Wildman–Crippen LogP) is 5.65. The fraction of sp³-hybridized carbons (Fsp3) is 0.520. The number of hydrogen-bond donors (Lipinski definition) is 3. The van der Waals surface area contributed by atoms with Gasteiger partial charge in [-0.25, -0.2) is 4.79 Å². The van der Waals surface area contributed by atoms with Crippen LogP contribution in [0.2, 0.25) is 0 Å². The van der Waals surface area contributed by atoms with Crippen LogP contribution >= 0.6 is 11.8 Å². The number of nitrogens with two attached hydrogens (primary N) is 1. The molecule has 1 aromatic carbocycles. The third-order valence-electron chi connectivity index (χ3n) is 4.97. The molecule has 5 nitrogen and oxygen atoms in total. The van der Waals surface area contributed by atoms with Crippen molar-refractivity contribution in [3.05, 3.63) is 59.7 Å². The van der Waals surface area contributed by atoms with Gasteiger partial charge in [-0.1, -0.05) is 81.9 Å². The first-order valence-electron chi connectivity index (χ1n) is 11.2. The van der Waals surface area contributed by atoms with Crippen LogP contribution in [0.25, 0.3) is 0 Å². The quantitative estimate of drug-likeness (QED) is 0.212. The number of aliphatic hydroxyl groups is 1. The second kappa shape index (κ2) is 16.6. The predicted molar refractivity (Wildman–Crippen MR) is 129 cm³/mol. The number of carbonyl (C=O) groups is 2. The molecular weight excluding hydrogens is 410 g/mol. The fourth-order valence-electron chi connectivity index (χ4n) is 3.16. The van der Waals surface area contributed by atoms with Crippen molar-refractivity contribution < 1.29 is 19.8 Å². The summed E-state index contributed by atoms with van der Waals surface area (Å²) in [5.41, 5.74) is 5.89. The number of primary amides is 1. The summed E-state index contributed by atoms with van der Waals surface area (Å²) >= 11 is 1.43. The monoisotopic (exact) mass is 447 g/mol. The van der Waals surface area contributed by atoms with Gasteiger partial charge in [0.2, 0.25) is 5.91 Å². The summed E-state index contributed by atoms with van der Waals surface area (Å²) in [6.45, 7) is 2.23. The number of rotatable bonds is 17. The van der Waals surface area contributed by atoms with Crippen LogP contribution in [0.4, 0.5) is 0 Å². The van der Waals surface area contributed by atoms with Crippen molar-refractivity contribution in [2.75, 3.05) is 5.75 Å². The molecule has 0 fully saturated rings. The number of carbonyl (C=O) groups excluding carboxylic acids is 1. The third kappa shape index (κ3) is 12.4. The van der Waals surface area contributed by atoms with E-state index in [-0.39, 0.29) is 23.1 Å². The van der Waals surface area contributed by atoms with E-state index in [9.17, 15) is 19.8 Å². The highest BCUT2D eigenvalue weighted by Gasteiger charge is 2.20. The summed E-state index contributed by atoms with van der Waals surface area (Å²) in [5.74, 6) is -0.926. The van der Waals surface area contributed by atoms with E-state index in [4.69, 9.17) is 5.73 Å². The average Bonchev–Trinajstić information content (AvgIpc) is 2.75. The Morgan fingerprint density at radius 2 is 1.81 bits per heavy atom. The molecule has 0 saturated carbocycles. The summed E-state index contributed by atoms with van der Waals surface area (Å²) in [4.78, 5) is 22.3. The Labute approximate surface area is 190 Å². The van der Waals surface area contributed by atoms with Crippen LogP contribution in [0.3, 0.4) is 0 Å². The maximum Gasteiger partial charge on any atom is 0.335 e. The summed E-state index contributed by atoms with van der Waals surface area (Å²) < 4.78 is 0. The largest absolute Gasteiger partial charge is 0.478 e.